The maximum atomic E-state index is 12.7. The second kappa shape index (κ2) is 29.5. The lowest BCUT2D eigenvalue weighted by Crippen LogP contribution is -2.73. The monoisotopic (exact) mass is 788 g/mol. The highest BCUT2D eigenvalue weighted by Crippen LogP contribution is 2.21. The van der Waals surface area contributed by atoms with Crippen molar-refractivity contribution < 1.29 is 8.78 Å². The highest BCUT2D eigenvalue weighted by Gasteiger charge is 2.36. The lowest BCUT2D eigenvalue weighted by molar-refractivity contribution is 0.620. The van der Waals surface area contributed by atoms with Gasteiger partial charge in [-0.2, -0.15) is 5.26 Å². The summed E-state index contributed by atoms with van der Waals surface area (Å²) in [4.78, 5) is 0. The van der Waals surface area contributed by atoms with Crippen molar-refractivity contribution in [2.24, 2.45) is 0 Å². The van der Waals surface area contributed by atoms with Crippen LogP contribution in [0.3, 0.4) is 0 Å². The van der Waals surface area contributed by atoms with Crippen LogP contribution < -0.4 is 0 Å². The van der Waals surface area contributed by atoms with E-state index in [-0.39, 0.29) is 11.4 Å². The summed E-state index contributed by atoms with van der Waals surface area (Å²) >= 11 is 13.2. The SMILES string of the molecule is C=C=C=C=C=C=C=C=C=C=C=C=C=C=C.Cc1cc(C#N)c(F)cc1Cl.Cc1cc(I)c(F)cc1Cl.[B][B]B([B])B(B([B])[B])B(B([B])[B])B([B])[B]. The van der Waals surface area contributed by atoms with Crippen LogP contribution in [-0.4, -0.2) is 107 Å². The third-order valence-electron chi connectivity index (χ3n) is 5.82. The molecule has 2 aromatic rings. The Bertz CT molecular complexity index is 1910. The van der Waals surface area contributed by atoms with Crippen LogP contribution in [0.25, 0.3) is 0 Å². The highest BCUT2D eigenvalue weighted by atomic mass is 127. The summed E-state index contributed by atoms with van der Waals surface area (Å²) in [6.07, 6.45) is -3.77. The molecule has 2 rings (SSSR count). The molecule has 2 aromatic carbocycles. The van der Waals surface area contributed by atoms with Crippen LogP contribution in [0.5, 0.6) is 0 Å². The quantitative estimate of drug-likeness (QED) is 0.191. The largest absolute Gasteiger partial charge is 0.206 e. The molecule has 0 aromatic heterocycles. The number of hydrogen-bond donors (Lipinski definition) is 0. The number of nitriles is 1. The van der Waals surface area contributed by atoms with Crippen LogP contribution >= 0.6 is 45.8 Å². The fourth-order valence-electron chi connectivity index (χ4n) is 3.40. The average molecular weight is 786 g/mol. The Kier molecular flexibility index (Phi) is 29.0. The van der Waals surface area contributed by atoms with Gasteiger partial charge in [0.2, 0.25) is 0 Å². The van der Waals surface area contributed by atoms with Crippen molar-refractivity contribution in [1.82, 2.24) is 0 Å². The van der Waals surface area contributed by atoms with Gasteiger partial charge in [-0.25, -0.2) is 8.78 Å². The van der Waals surface area contributed by atoms with Gasteiger partial charge in [0.15, 0.2) is 0 Å². The van der Waals surface area contributed by atoms with Gasteiger partial charge in [0.1, 0.15) is 17.7 Å². The maximum absolute atomic E-state index is 12.7. The van der Waals surface area contributed by atoms with Gasteiger partial charge in [-0.15, -0.1) is 0 Å². The predicted octanol–water partition coefficient (Wildman–Crippen LogP) is 3.16. The first-order chi connectivity index (χ1) is 24.0. The normalized spacial score (nSPS) is 7.65. The number of hydrogen-bond acceptors (Lipinski definition) is 1. The molecule has 219 valence electrons. The third kappa shape index (κ3) is 22.5. The summed E-state index contributed by atoms with van der Waals surface area (Å²) < 4.78 is 26.0. The Labute approximate surface area is 338 Å². The van der Waals surface area contributed by atoms with Gasteiger partial charge in [0, 0.05) is 121 Å². The maximum Gasteiger partial charge on any atom is 0.142 e. The van der Waals surface area contributed by atoms with E-state index in [1.54, 1.807) is 19.1 Å². The van der Waals surface area contributed by atoms with Crippen LogP contribution in [0.2, 0.25) is 10.0 Å². The van der Waals surface area contributed by atoms with E-state index in [0.717, 1.165) is 11.6 Å². The Morgan fingerprint density at radius 3 is 1.31 bits per heavy atom. The van der Waals surface area contributed by atoms with Gasteiger partial charge in [0.05, 0.1) is 5.56 Å². The molecule has 0 saturated carbocycles. The Morgan fingerprint density at radius 2 is 1.00 bits per heavy atom. The van der Waals surface area contributed by atoms with E-state index in [1.807, 2.05) is 29.5 Å². The third-order valence-corrected chi connectivity index (χ3v) is 7.46. The summed E-state index contributed by atoms with van der Waals surface area (Å²) in [6, 6.07) is 7.36. The number of aryl methyl sites for hydroxylation is 2. The zero-order chi connectivity index (χ0) is 39.5. The molecule has 0 N–H and O–H groups in total. The molecule has 17 radical (unpaired) electrons. The van der Waals surface area contributed by atoms with Crippen molar-refractivity contribution in [3.05, 3.63) is 154 Å². The van der Waals surface area contributed by atoms with Crippen molar-refractivity contribution >= 4 is 153 Å². The molecule has 0 saturated heterocycles. The van der Waals surface area contributed by atoms with Crippen LogP contribution in [0.1, 0.15) is 16.7 Å². The first kappa shape index (κ1) is 50.1. The number of halogens is 5. The first-order valence-electron chi connectivity index (χ1n) is 14.1. The van der Waals surface area contributed by atoms with E-state index in [2.05, 4.69) is 87.7 Å². The van der Waals surface area contributed by atoms with Crippen LogP contribution in [0, 0.1) is 40.4 Å². The minimum atomic E-state index is -0.754. The fraction of sp³-hybridized carbons (Fsp3) is 0.0667. The molecule has 51 heavy (non-hydrogen) atoms. The van der Waals surface area contributed by atoms with Crippen molar-refractivity contribution in [3.8, 4) is 6.07 Å². The molecule has 0 spiro atoms. The lowest BCUT2D eigenvalue weighted by Gasteiger charge is -2.35. The van der Waals surface area contributed by atoms with Gasteiger partial charge < -0.3 is 0 Å². The summed E-state index contributed by atoms with van der Waals surface area (Å²) in [6.45, 7) is 10.2. The van der Waals surface area contributed by atoms with Crippen LogP contribution in [0.15, 0.2) is 112 Å². The summed E-state index contributed by atoms with van der Waals surface area (Å²) in [7, 11) is 45.8. The van der Waals surface area contributed by atoms with Crippen LogP contribution in [0.4, 0.5) is 8.78 Å². The second-order valence-corrected chi connectivity index (χ2v) is 11.6. The Morgan fingerprint density at radius 1 is 0.647 bits per heavy atom. The fourth-order valence-corrected chi connectivity index (χ4v) is 4.33. The van der Waals surface area contributed by atoms with Crippen molar-refractivity contribution in [2.75, 3.05) is 0 Å². The first-order valence-corrected chi connectivity index (χ1v) is 15.9. The molecule has 0 amide bonds. The minimum Gasteiger partial charge on any atom is -0.206 e. The van der Waals surface area contributed by atoms with Gasteiger partial charge in [-0.1, -0.05) is 34.7 Å². The Hall–Kier alpha value is -3.05. The van der Waals surface area contributed by atoms with E-state index in [0.29, 0.717) is 19.2 Å². The molecule has 1 nitrogen and oxygen atoms in total. The van der Waals surface area contributed by atoms with Gasteiger partial charge in [-0.3, -0.25) is 0 Å². The van der Waals surface area contributed by atoms with Gasteiger partial charge in [0.25, 0.3) is 0 Å². The Balaban J connectivity index is 0. The molecule has 0 heterocycles. The van der Waals surface area contributed by atoms with E-state index in [9.17, 15) is 8.78 Å². The van der Waals surface area contributed by atoms with E-state index in [1.165, 1.54) is 19.2 Å². The smallest absolute Gasteiger partial charge is 0.142 e. The topological polar surface area (TPSA) is 23.8 Å². The highest BCUT2D eigenvalue weighted by molar-refractivity contribution is 14.1. The molecular weight excluding hydrogens is 772 g/mol. The average Bonchev–Trinajstić information content (AvgIpc) is 3.07. The van der Waals surface area contributed by atoms with Crippen LogP contribution in [-0.2, 0) is 0 Å². The molecule has 0 atom stereocenters. The summed E-state index contributed by atoms with van der Waals surface area (Å²) in [5.41, 5.74) is 33.6. The zero-order valence-corrected chi connectivity index (χ0v) is 31.4. The predicted molar refractivity (Wildman–Crippen MR) is 233 cm³/mol. The van der Waals surface area contributed by atoms with Crippen molar-refractivity contribution in [2.45, 2.75) is 13.8 Å². The number of nitrogens with zero attached hydrogens (tertiary/aromatic N) is 1. The summed E-state index contributed by atoms with van der Waals surface area (Å²) in [5, 5.41) is 9.23. The second-order valence-electron chi connectivity index (χ2n) is 9.59. The molecule has 0 unspecified atom stereocenters. The molecule has 21 heteroatoms. The van der Waals surface area contributed by atoms with Crippen molar-refractivity contribution in [3.63, 3.8) is 0 Å². The van der Waals surface area contributed by atoms with Crippen molar-refractivity contribution in [1.29, 1.82) is 5.26 Å². The summed E-state index contributed by atoms with van der Waals surface area (Å²) in [5.74, 6) is -0.820. The molecule has 0 fully saturated rings. The molecule has 0 bridgehead atoms. The number of benzene rings is 2. The lowest BCUT2D eigenvalue weighted by atomic mass is 8.46. The molecule has 0 aliphatic rings. The molecular formula is C30H14B15Cl2F2IN. The van der Waals surface area contributed by atoms with E-state index in [4.69, 9.17) is 90.4 Å². The van der Waals surface area contributed by atoms with E-state index < -0.39 is 44.1 Å². The van der Waals surface area contributed by atoms with E-state index >= 15 is 0 Å². The van der Waals surface area contributed by atoms with Gasteiger partial charge in [-0.05, 0) is 148 Å². The minimum absolute atomic E-state index is 0.0342. The number of rotatable bonds is 6. The molecule has 0 aliphatic heterocycles. The molecule has 0 aliphatic carbocycles. The van der Waals surface area contributed by atoms with Gasteiger partial charge >= 0.3 is 0 Å². The zero-order valence-electron chi connectivity index (χ0n) is 27.7. The standard InChI is InChI=1S/C15H4.C8H5ClFN.C7H5ClFI.B15/c1-3-5-7-9-11-13-15-14-12-10-8-6-4-2;1-5-2-6(4-11)8(10)3-7(5)9;1-4-2-7(10)6(9)3-5(4)8;1-9-13(8)15(12(6)7)14(10(2)3)11(4)5/h1-2H2;2-3H,1H3;2-3H,1H3;.